The smallest absolute Gasteiger partial charge is 0.167 e. The first-order valence-corrected chi connectivity index (χ1v) is 24.0. The second-order valence-corrected chi connectivity index (χ2v) is 18.3. The molecule has 0 saturated carbocycles. The van der Waals surface area contributed by atoms with Crippen LogP contribution in [0.4, 0.5) is 0 Å². The molecular formula is C65H39N5O. The fraction of sp³-hybridized carbons (Fsp3) is 0. The van der Waals surface area contributed by atoms with Gasteiger partial charge in [0.15, 0.2) is 17.5 Å². The summed E-state index contributed by atoms with van der Waals surface area (Å²) in [6.45, 7) is 0. The molecule has 0 fully saturated rings. The maximum absolute atomic E-state index is 7.17. The highest BCUT2D eigenvalue weighted by Crippen LogP contribution is 2.44. The van der Waals surface area contributed by atoms with Crippen LogP contribution in [0.1, 0.15) is 0 Å². The van der Waals surface area contributed by atoms with Gasteiger partial charge in [-0.3, -0.25) is 0 Å². The zero-order valence-corrected chi connectivity index (χ0v) is 38.2. The molecule has 6 heteroatoms. The Morgan fingerprint density at radius 3 is 1.62 bits per heavy atom. The number of fused-ring (bicyclic) bond motifs is 12. The van der Waals surface area contributed by atoms with E-state index in [2.05, 4.69) is 240 Å². The van der Waals surface area contributed by atoms with Crippen LogP contribution in [0.2, 0.25) is 0 Å². The first kappa shape index (κ1) is 39.4. The van der Waals surface area contributed by atoms with Gasteiger partial charge in [-0.2, -0.15) is 0 Å². The lowest BCUT2D eigenvalue weighted by Gasteiger charge is -2.13. The average molecular weight is 906 g/mol. The van der Waals surface area contributed by atoms with E-state index in [-0.39, 0.29) is 0 Å². The summed E-state index contributed by atoms with van der Waals surface area (Å²) in [6, 6.07) is 83.8. The molecule has 0 N–H and O–H groups in total. The molecule has 11 aromatic carbocycles. The quantitative estimate of drug-likeness (QED) is 0.167. The van der Waals surface area contributed by atoms with Gasteiger partial charge in [0.2, 0.25) is 0 Å². The molecule has 0 bridgehead atoms. The lowest BCUT2D eigenvalue weighted by molar-refractivity contribution is 0.669. The van der Waals surface area contributed by atoms with Crippen molar-refractivity contribution in [3.05, 3.63) is 237 Å². The summed E-state index contributed by atoms with van der Waals surface area (Å²) >= 11 is 0. The fourth-order valence-electron chi connectivity index (χ4n) is 11.1. The summed E-state index contributed by atoms with van der Waals surface area (Å²) in [6.07, 6.45) is 0. The monoisotopic (exact) mass is 905 g/mol. The summed E-state index contributed by atoms with van der Waals surface area (Å²) in [4.78, 5) is 15.9. The molecule has 15 aromatic rings. The molecule has 0 aliphatic rings. The van der Waals surface area contributed by atoms with Crippen molar-refractivity contribution >= 4 is 87.1 Å². The lowest BCUT2D eigenvalue weighted by Crippen LogP contribution is -2.01. The fourth-order valence-corrected chi connectivity index (χ4v) is 11.1. The van der Waals surface area contributed by atoms with Crippen LogP contribution in [0.25, 0.3) is 144 Å². The van der Waals surface area contributed by atoms with E-state index in [1.165, 1.54) is 26.9 Å². The third-order valence-corrected chi connectivity index (χ3v) is 14.3. The van der Waals surface area contributed by atoms with E-state index in [1.807, 2.05) is 6.07 Å². The molecule has 0 amide bonds. The minimum atomic E-state index is 0.532. The molecule has 4 heterocycles. The first-order chi connectivity index (χ1) is 35.2. The topological polar surface area (TPSA) is 61.7 Å². The van der Waals surface area contributed by atoms with Gasteiger partial charge in [0, 0.05) is 60.6 Å². The molecule has 71 heavy (non-hydrogen) atoms. The van der Waals surface area contributed by atoms with Crippen LogP contribution in [0.15, 0.2) is 241 Å². The highest BCUT2D eigenvalue weighted by atomic mass is 16.3. The van der Waals surface area contributed by atoms with Gasteiger partial charge in [-0.05, 0) is 75.8 Å². The number of nitrogens with zero attached hydrogens (tertiary/aromatic N) is 5. The maximum Gasteiger partial charge on any atom is 0.167 e. The van der Waals surface area contributed by atoms with Gasteiger partial charge in [-0.15, -0.1) is 0 Å². The number of rotatable bonds is 6. The number of benzene rings is 11. The maximum atomic E-state index is 7.17. The van der Waals surface area contributed by atoms with Crippen LogP contribution in [-0.2, 0) is 0 Å². The van der Waals surface area contributed by atoms with Gasteiger partial charge in [-0.25, -0.2) is 15.0 Å². The molecule has 0 aliphatic carbocycles. The second-order valence-electron chi connectivity index (χ2n) is 18.3. The SMILES string of the molecule is c1ccc(-c2ccc(-c3nc(-c4ccc5c6ccccc6n(-c6ccccc6)c5c4)nc(-c4cccc5c4oc4cc(-n6c7ccccc7c7cc8ccccc8cc76)c6ccccc6c45)n3)cc2)cc1. The summed E-state index contributed by atoms with van der Waals surface area (Å²) in [5, 5.41) is 11.5. The van der Waals surface area contributed by atoms with Crippen molar-refractivity contribution in [1.29, 1.82) is 0 Å². The molecule has 0 spiro atoms. The summed E-state index contributed by atoms with van der Waals surface area (Å²) in [5.41, 5.74) is 13.0. The van der Waals surface area contributed by atoms with E-state index in [0.717, 1.165) is 99.4 Å². The van der Waals surface area contributed by atoms with Crippen molar-refractivity contribution in [3.63, 3.8) is 0 Å². The van der Waals surface area contributed by atoms with E-state index in [1.54, 1.807) is 0 Å². The lowest BCUT2D eigenvalue weighted by atomic mass is 10.0. The second kappa shape index (κ2) is 15.4. The highest BCUT2D eigenvalue weighted by Gasteiger charge is 2.23. The predicted molar refractivity (Wildman–Crippen MR) is 293 cm³/mol. The molecule has 4 aromatic heterocycles. The Morgan fingerprint density at radius 2 is 0.845 bits per heavy atom. The Hall–Kier alpha value is -9.65. The molecule has 0 unspecified atom stereocenters. The average Bonchev–Trinajstić information content (AvgIpc) is 4.10. The van der Waals surface area contributed by atoms with Crippen molar-refractivity contribution < 1.29 is 4.42 Å². The standard InChI is InChI=1S/C65H39N5O/c1-3-16-40(17-4-1)41-30-32-42(33-31-41)63-66-64(45-34-35-50-47-22-11-13-28-55(47)69(57(50)38-45)46-20-5-2-6-21-46)68-65(67-63)53-27-15-26-52-61-51-25-10-9-23-48(51)59(39-60(61)71-62(52)53)70-56-29-14-12-24-49(56)54-36-43-18-7-8-19-44(43)37-58(54)70/h1-39H. The number of furan rings is 1. The molecular weight excluding hydrogens is 867 g/mol. The van der Waals surface area contributed by atoms with E-state index >= 15 is 0 Å². The van der Waals surface area contributed by atoms with Crippen LogP contribution >= 0.6 is 0 Å². The molecule has 15 rings (SSSR count). The van der Waals surface area contributed by atoms with Crippen molar-refractivity contribution in [2.24, 2.45) is 0 Å². The number of hydrogen-bond donors (Lipinski definition) is 0. The zero-order valence-electron chi connectivity index (χ0n) is 38.2. The Bertz CT molecular complexity index is 4620. The summed E-state index contributed by atoms with van der Waals surface area (Å²) < 4.78 is 11.9. The molecule has 0 aliphatic heterocycles. The van der Waals surface area contributed by atoms with Crippen LogP contribution in [0, 0.1) is 0 Å². The molecule has 330 valence electrons. The largest absolute Gasteiger partial charge is 0.455 e. The van der Waals surface area contributed by atoms with Crippen LogP contribution < -0.4 is 0 Å². The Morgan fingerprint density at radius 1 is 0.310 bits per heavy atom. The zero-order chi connectivity index (χ0) is 46.6. The van der Waals surface area contributed by atoms with Gasteiger partial charge in [0.25, 0.3) is 0 Å². The van der Waals surface area contributed by atoms with Crippen molar-refractivity contribution in [2.75, 3.05) is 0 Å². The van der Waals surface area contributed by atoms with Gasteiger partial charge in [0.05, 0.1) is 33.3 Å². The first-order valence-electron chi connectivity index (χ1n) is 24.0. The van der Waals surface area contributed by atoms with E-state index in [4.69, 9.17) is 19.4 Å². The Labute approximate surface area is 407 Å². The van der Waals surface area contributed by atoms with E-state index < -0.39 is 0 Å². The van der Waals surface area contributed by atoms with Gasteiger partial charge in [-0.1, -0.05) is 182 Å². The third-order valence-electron chi connectivity index (χ3n) is 14.3. The molecule has 6 nitrogen and oxygen atoms in total. The van der Waals surface area contributed by atoms with Gasteiger partial charge in [0.1, 0.15) is 11.2 Å². The Balaban J connectivity index is 0.960. The molecule has 0 radical (unpaired) electrons. The highest BCUT2D eigenvalue weighted by molar-refractivity contribution is 6.23. The van der Waals surface area contributed by atoms with Gasteiger partial charge < -0.3 is 13.6 Å². The minimum Gasteiger partial charge on any atom is -0.455 e. The normalized spacial score (nSPS) is 11.9. The van der Waals surface area contributed by atoms with Crippen molar-refractivity contribution in [3.8, 4) is 56.7 Å². The van der Waals surface area contributed by atoms with Crippen molar-refractivity contribution in [2.45, 2.75) is 0 Å². The minimum absolute atomic E-state index is 0.532. The number of aromatic nitrogens is 5. The molecule has 0 saturated heterocycles. The van der Waals surface area contributed by atoms with E-state index in [9.17, 15) is 0 Å². The van der Waals surface area contributed by atoms with Crippen molar-refractivity contribution in [1.82, 2.24) is 24.1 Å². The predicted octanol–water partition coefficient (Wildman–Crippen LogP) is 16.9. The Kier molecular flexibility index (Phi) is 8.56. The number of para-hydroxylation sites is 4. The van der Waals surface area contributed by atoms with Crippen LogP contribution in [-0.4, -0.2) is 24.1 Å². The molecule has 0 atom stereocenters. The number of hydrogen-bond acceptors (Lipinski definition) is 4. The van der Waals surface area contributed by atoms with E-state index in [0.29, 0.717) is 17.5 Å². The van der Waals surface area contributed by atoms with Crippen LogP contribution in [0.5, 0.6) is 0 Å². The summed E-state index contributed by atoms with van der Waals surface area (Å²) in [5.74, 6) is 1.68. The van der Waals surface area contributed by atoms with Gasteiger partial charge >= 0.3 is 0 Å². The van der Waals surface area contributed by atoms with Crippen LogP contribution in [0.3, 0.4) is 0 Å². The summed E-state index contributed by atoms with van der Waals surface area (Å²) in [7, 11) is 0. The third kappa shape index (κ3) is 6.11.